The maximum absolute atomic E-state index is 11.9. The van der Waals surface area contributed by atoms with Crippen LogP contribution in [0.25, 0.3) is 6.08 Å². The Morgan fingerprint density at radius 3 is 2.65 bits per heavy atom. The van der Waals surface area contributed by atoms with Gasteiger partial charge in [-0.25, -0.2) is 4.99 Å². The minimum Gasteiger partial charge on any atom is -0.279 e. The zero-order valence-electron chi connectivity index (χ0n) is 11.6. The average Bonchev–Trinajstić information content (AvgIpc) is 2.77. The largest absolute Gasteiger partial charge is 0.279 e. The quantitative estimate of drug-likeness (QED) is 0.596. The summed E-state index contributed by atoms with van der Waals surface area (Å²) in [4.78, 5) is 16.2. The molecule has 0 radical (unpaired) electrons. The van der Waals surface area contributed by atoms with E-state index in [2.05, 4.69) is 37.6 Å². The predicted molar refractivity (Wildman–Crippen MR) is 91.2 cm³/mol. The monoisotopic (exact) mass is 303 g/mol. The molecule has 0 aliphatic carbocycles. The number of carbonyl (C=O) groups excluding carboxylic acids is 1. The summed E-state index contributed by atoms with van der Waals surface area (Å²) in [5, 5.41) is 0.0181. The molecule has 1 aromatic rings. The lowest BCUT2D eigenvalue weighted by Crippen LogP contribution is -1.89. The number of rotatable bonds is 4. The highest BCUT2D eigenvalue weighted by molar-refractivity contribution is 8.45. The van der Waals surface area contributed by atoms with E-state index in [1.807, 2.05) is 24.3 Å². The molecule has 4 heteroatoms. The molecule has 0 bridgehead atoms. The molecule has 1 aliphatic rings. The molecule has 104 valence electrons. The number of thioether (sulfide) groups is 2. The molecule has 1 heterocycles. The van der Waals surface area contributed by atoms with Crippen molar-refractivity contribution in [3.63, 3.8) is 0 Å². The van der Waals surface area contributed by atoms with Gasteiger partial charge in [0, 0.05) is 5.75 Å². The van der Waals surface area contributed by atoms with Gasteiger partial charge in [-0.1, -0.05) is 56.0 Å². The van der Waals surface area contributed by atoms with Crippen LogP contribution < -0.4 is 0 Å². The summed E-state index contributed by atoms with van der Waals surface area (Å²) in [7, 11) is 0. The van der Waals surface area contributed by atoms with Crippen molar-refractivity contribution < 1.29 is 4.79 Å². The molecule has 1 aromatic carbocycles. The van der Waals surface area contributed by atoms with Crippen molar-refractivity contribution in [3.8, 4) is 0 Å². The number of benzene rings is 1. The third-order valence-corrected chi connectivity index (χ3v) is 4.84. The van der Waals surface area contributed by atoms with Crippen LogP contribution in [0, 0.1) is 0 Å². The van der Waals surface area contributed by atoms with Crippen molar-refractivity contribution in [2.24, 2.45) is 4.99 Å². The van der Waals surface area contributed by atoms with E-state index in [4.69, 9.17) is 0 Å². The second kappa shape index (κ2) is 6.95. The van der Waals surface area contributed by atoms with E-state index in [0.717, 1.165) is 15.7 Å². The van der Waals surface area contributed by atoms with Crippen molar-refractivity contribution >= 4 is 39.1 Å². The van der Waals surface area contributed by atoms with E-state index in [1.54, 1.807) is 11.8 Å². The lowest BCUT2D eigenvalue weighted by atomic mass is 10.0. The van der Waals surface area contributed by atoms with Gasteiger partial charge in [0.1, 0.15) is 10.1 Å². The molecule has 0 amide bonds. The van der Waals surface area contributed by atoms with E-state index in [-0.39, 0.29) is 5.12 Å². The summed E-state index contributed by atoms with van der Waals surface area (Å²) >= 11 is 2.74. The summed E-state index contributed by atoms with van der Waals surface area (Å²) in [5.41, 5.74) is 2.83. The van der Waals surface area contributed by atoms with Gasteiger partial charge >= 0.3 is 0 Å². The topological polar surface area (TPSA) is 29.4 Å². The molecule has 20 heavy (non-hydrogen) atoms. The van der Waals surface area contributed by atoms with Crippen LogP contribution in [0.1, 0.15) is 30.9 Å². The van der Waals surface area contributed by atoms with Gasteiger partial charge in [0.25, 0.3) is 0 Å². The predicted octanol–water partition coefficient (Wildman–Crippen LogP) is 4.70. The zero-order valence-corrected chi connectivity index (χ0v) is 13.3. The molecule has 2 nitrogen and oxygen atoms in total. The van der Waals surface area contributed by atoms with Crippen LogP contribution in [0.2, 0.25) is 0 Å². The van der Waals surface area contributed by atoms with E-state index in [9.17, 15) is 4.79 Å². The summed E-state index contributed by atoms with van der Waals surface area (Å²) < 4.78 is 0.806. The lowest BCUT2D eigenvalue weighted by molar-refractivity contribution is -0.107. The van der Waals surface area contributed by atoms with Crippen molar-refractivity contribution in [2.75, 3.05) is 5.75 Å². The Labute approximate surface area is 128 Å². The molecule has 0 fully saturated rings. The molecular formula is C16H17NOS2. The minimum absolute atomic E-state index is 0.0181. The molecule has 0 saturated carbocycles. The van der Waals surface area contributed by atoms with E-state index >= 15 is 0 Å². The number of carbonyl (C=O) groups is 1. The van der Waals surface area contributed by atoms with Crippen LogP contribution in [0.4, 0.5) is 0 Å². The molecule has 0 aromatic heterocycles. The Kier molecular flexibility index (Phi) is 5.26. The molecule has 2 rings (SSSR count). The highest BCUT2D eigenvalue weighted by Gasteiger charge is 2.21. The summed E-state index contributed by atoms with van der Waals surface area (Å²) in [5.74, 6) is 1.29. The fraction of sp³-hybridized carbons (Fsp3) is 0.250. The minimum atomic E-state index is 0.0181. The third-order valence-electron chi connectivity index (χ3n) is 2.83. The Hall–Kier alpha value is -1.26. The third kappa shape index (κ3) is 3.87. The first-order chi connectivity index (χ1) is 9.60. The molecule has 1 aliphatic heterocycles. The van der Waals surface area contributed by atoms with Crippen LogP contribution in [-0.4, -0.2) is 15.2 Å². The maximum atomic E-state index is 11.9. The average molecular weight is 303 g/mol. The van der Waals surface area contributed by atoms with E-state index < -0.39 is 0 Å². The van der Waals surface area contributed by atoms with Gasteiger partial charge in [0.15, 0.2) is 0 Å². The molecule has 0 spiro atoms. The Morgan fingerprint density at radius 1 is 1.35 bits per heavy atom. The second-order valence-electron chi connectivity index (χ2n) is 4.72. The summed E-state index contributed by atoms with van der Waals surface area (Å²) in [6.07, 6.45) is 3.66. The molecular weight excluding hydrogens is 286 g/mol. The van der Waals surface area contributed by atoms with Crippen LogP contribution in [0.3, 0.4) is 0 Å². The van der Waals surface area contributed by atoms with Gasteiger partial charge in [-0.05, 0) is 34.9 Å². The van der Waals surface area contributed by atoms with Crippen molar-refractivity contribution in [1.29, 1.82) is 0 Å². The van der Waals surface area contributed by atoms with E-state index in [0.29, 0.717) is 11.6 Å². The fourth-order valence-electron chi connectivity index (χ4n) is 1.72. The van der Waals surface area contributed by atoms with Gasteiger partial charge in [-0.15, -0.1) is 6.58 Å². The number of nitrogens with zero attached hydrogens (tertiary/aromatic N) is 1. The Balaban J connectivity index is 2.15. The van der Waals surface area contributed by atoms with Gasteiger partial charge in [-0.2, -0.15) is 0 Å². The fourth-order valence-corrected chi connectivity index (χ4v) is 3.32. The molecule has 0 atom stereocenters. The second-order valence-corrected chi connectivity index (χ2v) is 6.95. The standard InChI is InChI=1S/C16H17NOS2/c1-4-9-19-16-17-14(15(18)20-16)10-12-5-7-13(8-6-12)11(2)3/h4-8,10-11H,1,9H2,2-3H3/b14-10-. The lowest BCUT2D eigenvalue weighted by Gasteiger charge is -2.04. The first-order valence-electron chi connectivity index (χ1n) is 6.46. The van der Waals surface area contributed by atoms with Crippen LogP contribution in [0.5, 0.6) is 0 Å². The van der Waals surface area contributed by atoms with Crippen molar-refractivity contribution in [2.45, 2.75) is 19.8 Å². The molecule has 0 saturated heterocycles. The highest BCUT2D eigenvalue weighted by atomic mass is 32.2. The number of hydrogen-bond acceptors (Lipinski definition) is 4. The van der Waals surface area contributed by atoms with Crippen LogP contribution in [0.15, 0.2) is 47.6 Å². The summed E-state index contributed by atoms with van der Waals surface area (Å²) in [6, 6.07) is 8.26. The SMILES string of the molecule is C=CCSC1=N/C(=C\c2ccc(C(C)C)cc2)C(=O)S1. The molecule has 0 unspecified atom stereocenters. The Morgan fingerprint density at radius 2 is 2.05 bits per heavy atom. The number of aliphatic imine (C=N–C) groups is 1. The van der Waals surface area contributed by atoms with Gasteiger partial charge in [0.2, 0.25) is 5.12 Å². The Bertz CT molecular complexity index is 571. The van der Waals surface area contributed by atoms with E-state index in [1.165, 1.54) is 17.3 Å². The van der Waals surface area contributed by atoms with Gasteiger partial charge in [0.05, 0.1) is 0 Å². The first kappa shape index (κ1) is 15.1. The smallest absolute Gasteiger partial charge is 0.244 e. The highest BCUT2D eigenvalue weighted by Crippen LogP contribution is 2.31. The van der Waals surface area contributed by atoms with Crippen LogP contribution >= 0.6 is 23.5 Å². The number of hydrogen-bond donors (Lipinski definition) is 0. The van der Waals surface area contributed by atoms with Gasteiger partial charge in [-0.3, -0.25) is 4.79 Å². The van der Waals surface area contributed by atoms with Crippen LogP contribution in [-0.2, 0) is 4.79 Å². The maximum Gasteiger partial charge on any atom is 0.244 e. The zero-order chi connectivity index (χ0) is 14.5. The first-order valence-corrected chi connectivity index (χ1v) is 8.26. The van der Waals surface area contributed by atoms with Crippen molar-refractivity contribution in [3.05, 3.63) is 53.7 Å². The normalized spacial score (nSPS) is 16.9. The van der Waals surface area contributed by atoms with Gasteiger partial charge < -0.3 is 0 Å². The van der Waals surface area contributed by atoms with Crippen molar-refractivity contribution in [1.82, 2.24) is 0 Å². The molecule has 0 N–H and O–H groups in total. The summed E-state index contributed by atoms with van der Waals surface area (Å²) in [6.45, 7) is 7.99.